The van der Waals surface area contributed by atoms with Gasteiger partial charge in [-0.15, -0.1) is 0 Å². The second-order valence-electron chi connectivity index (χ2n) is 29.3. The largest absolute Gasteiger partial charge is 0.399 e. The Morgan fingerprint density at radius 1 is 0.429 bits per heavy atom. The van der Waals surface area contributed by atoms with Crippen molar-refractivity contribution in [3.05, 3.63) is 174 Å². The Kier molecular flexibility index (Phi) is 30.7. The molecule has 17 nitrogen and oxygen atoms in total. The Hall–Kier alpha value is -6.95. The van der Waals surface area contributed by atoms with Crippen LogP contribution in [0.5, 0.6) is 0 Å². The van der Waals surface area contributed by atoms with Crippen LogP contribution in [0.15, 0.2) is 168 Å². The summed E-state index contributed by atoms with van der Waals surface area (Å²) < 4.78 is 5.30. The number of benzene rings is 6. The number of nitrogens with zero attached hydrogens (tertiary/aromatic N) is 7. The van der Waals surface area contributed by atoms with Gasteiger partial charge in [0.15, 0.2) is 0 Å². The van der Waals surface area contributed by atoms with Crippen LogP contribution >= 0.6 is 79.6 Å². The zero-order valence-electron chi connectivity index (χ0n) is 60.9. The van der Waals surface area contributed by atoms with Gasteiger partial charge in [0, 0.05) is 83.4 Å². The van der Waals surface area contributed by atoms with Crippen molar-refractivity contribution in [2.24, 2.45) is 5.73 Å². The molecule has 0 atom stereocenters. The fraction of sp³-hybridized carbons (Fsp3) is 0.482. The molecule has 4 amide bonds. The number of ketones is 1. The number of nitrogen functional groups attached to an aromatic ring is 1. The standard InChI is InChI=1S/C16H19N3O.C15H19BrN2O.C14H17BrN2O.C13H17BrN2O.C13H15BrN2.C6H6BrN.C6H10O/c1-18-12-19(14-7-5-13(11-17)6-8-14)16(15(18)20)9-3-2-4-10-16;1-17-11-18(13-7-5-12(16)6-8-13)15(14(17)19)9-3-2-4-10-15;15-11-4-6-12(7-5-11)17-10-16-13(18)14(17)8-2-1-3-9-14;14-10-4-6-11(7-5-10)16-13(12(15)17)8-2-1-3-9-13;14-11-4-6-12(7-5-11)16-13(10-15)8-2-1-3-9-13;7-5-1-3-6(8)4-2-5;7-6-4-2-1-3-5-6/h5-8H,2-4,9-10,12H2,1H3;5-8H,2-4,9-11H2,1H3;4-7H,1-3,8-10H2,(H,16,18);4-7,16H,1-3,8-9H2,(H2,15,17);4-7,16H,1-3,8-9H2;1-4H,8H2;1-5H2. The molecule has 560 valence electrons. The van der Waals surface area contributed by atoms with Crippen molar-refractivity contribution in [3.8, 4) is 12.1 Å². The third kappa shape index (κ3) is 21.7. The van der Waals surface area contributed by atoms with Crippen molar-refractivity contribution in [3.63, 3.8) is 0 Å². The molecule has 6 saturated carbocycles. The summed E-state index contributed by atoms with van der Waals surface area (Å²) in [6.45, 7) is 1.99. The van der Waals surface area contributed by atoms with E-state index >= 15 is 0 Å². The number of primary amides is 1. The van der Waals surface area contributed by atoms with Crippen molar-refractivity contribution in [1.29, 1.82) is 10.5 Å². The molecule has 3 spiro atoms. The molecule has 3 saturated heterocycles. The lowest BCUT2D eigenvalue weighted by atomic mass is 9.80. The van der Waals surface area contributed by atoms with E-state index in [1.165, 1.54) is 38.5 Å². The zero-order chi connectivity index (χ0) is 75.0. The van der Waals surface area contributed by atoms with Crippen LogP contribution in [0.25, 0.3) is 0 Å². The van der Waals surface area contributed by atoms with Gasteiger partial charge in [-0.25, -0.2) is 0 Å². The second-order valence-corrected chi connectivity index (χ2v) is 33.9. The molecule has 22 heteroatoms. The fourth-order valence-corrected chi connectivity index (χ4v) is 17.5. The number of anilines is 6. The number of likely N-dealkylation sites (N-methyl/N-ethyl adjacent to an activating group) is 2. The number of nitrogens with one attached hydrogen (secondary N) is 3. The van der Waals surface area contributed by atoms with Crippen molar-refractivity contribution in [2.75, 3.05) is 65.2 Å². The summed E-state index contributed by atoms with van der Waals surface area (Å²) in [5.41, 5.74) is 16.0. The number of nitriles is 2. The van der Waals surface area contributed by atoms with E-state index in [1.54, 1.807) is 0 Å². The molecule has 0 unspecified atom stereocenters. The van der Waals surface area contributed by atoms with E-state index in [1.807, 2.05) is 133 Å². The molecular weight excluding hydrogens is 1640 g/mol. The Morgan fingerprint density at radius 3 is 1.12 bits per heavy atom. The molecule has 6 aromatic carbocycles. The molecule has 0 bridgehead atoms. The van der Waals surface area contributed by atoms with Crippen LogP contribution < -0.4 is 42.1 Å². The van der Waals surface area contributed by atoms with Gasteiger partial charge in [-0.1, -0.05) is 182 Å². The van der Waals surface area contributed by atoms with Gasteiger partial charge in [0.1, 0.15) is 33.5 Å². The molecule has 15 rings (SSSR count). The molecule has 6 aliphatic carbocycles. The number of nitrogens with two attached hydrogens (primary N) is 2. The smallest absolute Gasteiger partial charge is 0.249 e. The Labute approximate surface area is 664 Å². The Morgan fingerprint density at radius 2 is 0.762 bits per heavy atom. The van der Waals surface area contributed by atoms with E-state index in [2.05, 4.69) is 159 Å². The number of carbonyl (C=O) groups excluding carboxylic acids is 5. The van der Waals surface area contributed by atoms with Gasteiger partial charge >= 0.3 is 0 Å². The lowest BCUT2D eigenvalue weighted by Gasteiger charge is -2.39. The molecular formula is C83H103Br5N12O5. The maximum atomic E-state index is 12.6. The highest BCUT2D eigenvalue weighted by Gasteiger charge is 2.53. The van der Waals surface area contributed by atoms with Crippen LogP contribution in [0, 0.1) is 22.7 Å². The van der Waals surface area contributed by atoms with Gasteiger partial charge in [0.05, 0.1) is 37.7 Å². The zero-order valence-corrected chi connectivity index (χ0v) is 68.8. The van der Waals surface area contributed by atoms with Crippen molar-refractivity contribution < 1.29 is 24.0 Å². The number of hydrogen-bond acceptors (Lipinski definition) is 13. The molecule has 6 aromatic rings. The number of carbonyl (C=O) groups is 5. The molecule has 0 aromatic heterocycles. The third-order valence-electron chi connectivity index (χ3n) is 22.0. The molecule has 9 aliphatic rings. The summed E-state index contributed by atoms with van der Waals surface area (Å²) in [5, 5.41) is 28.0. The summed E-state index contributed by atoms with van der Waals surface area (Å²) in [6, 6.07) is 52.1. The number of rotatable bonds is 8. The van der Waals surface area contributed by atoms with Crippen molar-refractivity contribution in [2.45, 2.75) is 220 Å². The number of hydrogen-bond donors (Lipinski definition) is 5. The maximum absolute atomic E-state index is 12.6. The van der Waals surface area contributed by atoms with E-state index in [4.69, 9.17) is 16.7 Å². The van der Waals surface area contributed by atoms with Gasteiger partial charge in [-0.05, 0) is 223 Å². The fourth-order valence-electron chi connectivity index (χ4n) is 16.2. The minimum Gasteiger partial charge on any atom is -0.399 e. The summed E-state index contributed by atoms with van der Waals surface area (Å²) >= 11 is 17.0. The normalized spacial score (nSPS) is 20.0. The average molecular weight is 1750 g/mol. The van der Waals surface area contributed by atoms with Crippen molar-refractivity contribution >= 4 is 143 Å². The molecule has 3 aliphatic heterocycles. The predicted molar refractivity (Wildman–Crippen MR) is 441 cm³/mol. The minimum atomic E-state index is -0.550. The molecule has 3 heterocycles. The predicted octanol–water partition coefficient (Wildman–Crippen LogP) is 19.6. The lowest BCUT2D eigenvalue weighted by Crippen LogP contribution is -2.51. The number of halogens is 5. The first-order valence-corrected chi connectivity index (χ1v) is 41.5. The third-order valence-corrected chi connectivity index (χ3v) is 24.7. The van der Waals surface area contributed by atoms with E-state index in [0.717, 1.165) is 211 Å². The SMILES string of the molecule is CN1CN(c2ccc(Br)cc2)C2(CCCCC2)C1=O.CN1CN(c2ccc(C#N)cc2)C2(CCCCC2)C1=O.N#CC1(Nc2ccc(Br)cc2)CCCCC1.NC(=O)C1(Nc2ccc(Br)cc2)CCCCC1.Nc1ccc(Br)cc1.O=C1CCCCC1.O=C1NCN(c2ccc(Br)cc2)C12CCCCC2. The first-order chi connectivity index (χ1) is 50.6. The molecule has 105 heavy (non-hydrogen) atoms. The molecule has 0 radical (unpaired) electrons. The number of amides is 4. The first kappa shape index (κ1) is 82.1. The van der Waals surface area contributed by atoms with Gasteiger partial charge in [-0.3, -0.25) is 24.0 Å². The second kappa shape index (κ2) is 39.2. The minimum absolute atomic E-state index is 0.213. The Balaban J connectivity index is 0.000000145. The molecule has 7 N–H and O–H groups in total. The Bertz CT molecular complexity index is 3850. The van der Waals surface area contributed by atoms with Crippen LogP contribution in [0.4, 0.5) is 34.1 Å². The summed E-state index contributed by atoms with van der Waals surface area (Å²) in [6.07, 6.45) is 32.1. The van der Waals surface area contributed by atoms with Crippen LogP contribution in [0.3, 0.4) is 0 Å². The summed E-state index contributed by atoms with van der Waals surface area (Å²) in [7, 11) is 3.79. The quantitative estimate of drug-likeness (QED) is 0.0893. The van der Waals surface area contributed by atoms with E-state index < -0.39 is 5.54 Å². The van der Waals surface area contributed by atoms with Crippen LogP contribution in [-0.4, -0.2) is 101 Å². The molecule has 9 fully saturated rings. The maximum Gasteiger partial charge on any atom is 0.249 e. The van der Waals surface area contributed by atoms with Crippen LogP contribution in [0.2, 0.25) is 0 Å². The van der Waals surface area contributed by atoms with Gasteiger partial charge in [0.25, 0.3) is 0 Å². The first-order valence-electron chi connectivity index (χ1n) is 37.5. The van der Waals surface area contributed by atoms with E-state index in [-0.39, 0.29) is 39.9 Å². The van der Waals surface area contributed by atoms with Crippen molar-refractivity contribution in [1.82, 2.24) is 15.1 Å². The number of Topliss-reactive ketones (excluding diaryl/α,β-unsaturated/α-hetero) is 1. The summed E-state index contributed by atoms with van der Waals surface area (Å²) in [4.78, 5) is 70.1. The highest BCUT2D eigenvalue weighted by molar-refractivity contribution is 9.11. The van der Waals surface area contributed by atoms with E-state index in [9.17, 15) is 29.2 Å². The highest BCUT2D eigenvalue weighted by Crippen LogP contribution is 2.45. The topological polar surface area (TPSA) is 237 Å². The summed E-state index contributed by atoms with van der Waals surface area (Å²) in [5.74, 6) is 0.994. The van der Waals surface area contributed by atoms with E-state index in [0.29, 0.717) is 37.3 Å². The van der Waals surface area contributed by atoms with Crippen LogP contribution in [-0.2, 0) is 24.0 Å². The average Bonchev–Trinajstić information content (AvgIpc) is 1.62. The van der Waals surface area contributed by atoms with Gasteiger partial charge < -0.3 is 51.9 Å². The highest BCUT2D eigenvalue weighted by atomic mass is 79.9. The monoisotopic (exact) mass is 1740 g/mol. The van der Waals surface area contributed by atoms with Gasteiger partial charge in [-0.2, -0.15) is 10.5 Å². The van der Waals surface area contributed by atoms with Crippen LogP contribution in [0.1, 0.15) is 198 Å². The lowest BCUT2D eigenvalue weighted by molar-refractivity contribution is -0.132. The van der Waals surface area contributed by atoms with Gasteiger partial charge in [0.2, 0.25) is 23.6 Å².